The van der Waals surface area contributed by atoms with Crippen LogP contribution in [0, 0.1) is 6.92 Å². The number of thiazole rings is 1. The van der Waals surface area contributed by atoms with Gasteiger partial charge in [-0.2, -0.15) is 18.3 Å². The molecular formula is C16H13F3N4OS. The lowest BCUT2D eigenvalue weighted by molar-refractivity contribution is -0.141. The maximum Gasteiger partial charge on any atom is 0.435 e. The van der Waals surface area contributed by atoms with Gasteiger partial charge in [0.15, 0.2) is 5.69 Å². The van der Waals surface area contributed by atoms with E-state index in [0.717, 1.165) is 33.2 Å². The summed E-state index contributed by atoms with van der Waals surface area (Å²) in [5.41, 5.74) is 1.30. The molecule has 0 bridgehead atoms. The number of benzene rings is 1. The lowest BCUT2D eigenvalue weighted by Crippen LogP contribution is -2.19. The number of aryl methyl sites for hydroxylation is 1. The summed E-state index contributed by atoms with van der Waals surface area (Å²) in [5.74, 6) is -0.464. The van der Waals surface area contributed by atoms with Crippen molar-refractivity contribution in [1.82, 2.24) is 14.8 Å². The van der Waals surface area contributed by atoms with Crippen LogP contribution < -0.4 is 5.32 Å². The van der Waals surface area contributed by atoms with Crippen molar-refractivity contribution in [1.29, 1.82) is 0 Å². The molecule has 0 aliphatic carbocycles. The zero-order chi connectivity index (χ0) is 18.0. The van der Waals surface area contributed by atoms with Gasteiger partial charge in [0.05, 0.1) is 10.7 Å². The molecule has 0 radical (unpaired) electrons. The van der Waals surface area contributed by atoms with Gasteiger partial charge in [0.2, 0.25) is 5.91 Å². The first-order chi connectivity index (χ1) is 11.8. The summed E-state index contributed by atoms with van der Waals surface area (Å²) < 4.78 is 38.4. The monoisotopic (exact) mass is 366 g/mol. The molecule has 1 amide bonds. The summed E-state index contributed by atoms with van der Waals surface area (Å²) in [6.07, 6.45) is -3.40. The number of rotatable bonds is 4. The first-order valence-corrected chi connectivity index (χ1v) is 8.12. The van der Waals surface area contributed by atoms with Gasteiger partial charge in [0.25, 0.3) is 0 Å². The first kappa shape index (κ1) is 17.2. The fourth-order valence-corrected chi connectivity index (χ4v) is 2.79. The van der Waals surface area contributed by atoms with Crippen LogP contribution in [0.2, 0.25) is 0 Å². The Bertz CT molecular complexity index is 883. The number of carbonyl (C=O) groups is 1. The van der Waals surface area contributed by atoms with E-state index in [1.807, 2.05) is 24.4 Å². The Balaban J connectivity index is 1.62. The average molecular weight is 366 g/mol. The smallest absolute Gasteiger partial charge is 0.324 e. The van der Waals surface area contributed by atoms with E-state index < -0.39 is 17.8 Å². The summed E-state index contributed by atoms with van der Waals surface area (Å²) in [7, 11) is 0. The van der Waals surface area contributed by atoms with Crippen molar-refractivity contribution in [2.24, 2.45) is 0 Å². The number of carbonyl (C=O) groups excluding carboxylic acids is 1. The second-order valence-corrected chi connectivity index (χ2v) is 6.34. The van der Waals surface area contributed by atoms with Gasteiger partial charge in [-0.15, -0.1) is 11.3 Å². The zero-order valence-electron chi connectivity index (χ0n) is 13.0. The molecule has 1 aromatic carbocycles. The number of nitrogens with one attached hydrogen (secondary N) is 1. The molecule has 0 spiro atoms. The highest BCUT2D eigenvalue weighted by atomic mass is 32.1. The van der Waals surface area contributed by atoms with E-state index in [4.69, 9.17) is 0 Å². The molecule has 0 saturated heterocycles. The number of hydrogen-bond donors (Lipinski definition) is 1. The minimum absolute atomic E-state index is 0.302. The lowest BCUT2D eigenvalue weighted by atomic mass is 10.1. The third-order valence-electron chi connectivity index (χ3n) is 3.32. The standard InChI is InChI=1S/C16H13F3N4OS/c1-10-20-13(9-25-10)11-2-4-12(5-3-11)21-15(24)8-23-7-6-14(22-23)16(17,18)19/h2-7,9H,8H2,1H3,(H,21,24). The van der Waals surface area contributed by atoms with Crippen molar-refractivity contribution < 1.29 is 18.0 Å². The summed E-state index contributed by atoms with van der Waals surface area (Å²) in [6.45, 7) is 1.62. The second-order valence-electron chi connectivity index (χ2n) is 5.27. The van der Waals surface area contributed by atoms with Gasteiger partial charge in [0, 0.05) is 22.8 Å². The third kappa shape index (κ3) is 4.24. The minimum atomic E-state index is -4.52. The van der Waals surface area contributed by atoms with Crippen LogP contribution in [-0.4, -0.2) is 20.7 Å². The first-order valence-electron chi connectivity index (χ1n) is 7.24. The Morgan fingerprint density at radius 3 is 2.52 bits per heavy atom. The molecular weight excluding hydrogens is 353 g/mol. The molecule has 0 aliphatic rings. The van der Waals surface area contributed by atoms with Crippen LogP contribution in [-0.2, 0) is 17.5 Å². The van der Waals surface area contributed by atoms with Crippen LogP contribution in [0.3, 0.4) is 0 Å². The van der Waals surface area contributed by atoms with Gasteiger partial charge in [-0.05, 0) is 25.1 Å². The highest BCUT2D eigenvalue weighted by molar-refractivity contribution is 7.09. The van der Waals surface area contributed by atoms with E-state index in [0.29, 0.717) is 5.69 Å². The molecule has 2 aromatic heterocycles. The van der Waals surface area contributed by atoms with E-state index in [1.165, 1.54) is 0 Å². The van der Waals surface area contributed by atoms with Crippen molar-refractivity contribution in [3.63, 3.8) is 0 Å². The second kappa shape index (κ2) is 6.67. The number of amides is 1. The van der Waals surface area contributed by atoms with Crippen LogP contribution in [0.5, 0.6) is 0 Å². The van der Waals surface area contributed by atoms with Gasteiger partial charge in [0.1, 0.15) is 6.54 Å². The fourth-order valence-electron chi connectivity index (χ4n) is 2.17. The highest BCUT2D eigenvalue weighted by Crippen LogP contribution is 2.27. The summed E-state index contributed by atoms with van der Waals surface area (Å²) >= 11 is 1.55. The zero-order valence-corrected chi connectivity index (χ0v) is 13.9. The van der Waals surface area contributed by atoms with Crippen LogP contribution in [0.25, 0.3) is 11.3 Å². The summed E-state index contributed by atoms with van der Waals surface area (Å²) in [4.78, 5) is 16.3. The SMILES string of the molecule is Cc1nc(-c2ccc(NC(=O)Cn3ccc(C(F)(F)F)n3)cc2)cs1. The topological polar surface area (TPSA) is 59.8 Å². The maximum absolute atomic E-state index is 12.5. The Kier molecular flexibility index (Phi) is 4.58. The number of aromatic nitrogens is 3. The molecule has 3 rings (SSSR count). The molecule has 5 nitrogen and oxygen atoms in total. The number of nitrogens with zero attached hydrogens (tertiary/aromatic N) is 3. The average Bonchev–Trinajstić information content (AvgIpc) is 3.17. The number of hydrogen-bond acceptors (Lipinski definition) is 4. The summed E-state index contributed by atoms with van der Waals surface area (Å²) in [6, 6.07) is 7.90. The number of alkyl halides is 3. The Labute approximate surface area is 145 Å². The molecule has 0 unspecified atom stereocenters. The minimum Gasteiger partial charge on any atom is -0.324 e. The van der Waals surface area contributed by atoms with Crippen molar-refractivity contribution in [2.75, 3.05) is 5.32 Å². The van der Waals surface area contributed by atoms with E-state index in [9.17, 15) is 18.0 Å². The molecule has 130 valence electrons. The molecule has 1 N–H and O–H groups in total. The van der Waals surface area contributed by atoms with Crippen molar-refractivity contribution >= 4 is 22.9 Å². The quantitative estimate of drug-likeness (QED) is 0.760. The molecule has 2 heterocycles. The molecule has 0 saturated carbocycles. The number of halogens is 3. The van der Waals surface area contributed by atoms with E-state index >= 15 is 0 Å². The predicted octanol–water partition coefficient (Wildman–Crippen LogP) is 3.97. The predicted molar refractivity (Wildman–Crippen MR) is 88.1 cm³/mol. The van der Waals surface area contributed by atoms with Crippen LogP contribution >= 0.6 is 11.3 Å². The molecule has 0 fully saturated rings. The van der Waals surface area contributed by atoms with Crippen LogP contribution in [0.1, 0.15) is 10.7 Å². The Morgan fingerprint density at radius 1 is 1.24 bits per heavy atom. The summed E-state index contributed by atoms with van der Waals surface area (Å²) in [5, 5.41) is 8.87. The van der Waals surface area contributed by atoms with Crippen LogP contribution in [0.15, 0.2) is 41.9 Å². The Hall–Kier alpha value is -2.68. The van der Waals surface area contributed by atoms with Crippen molar-refractivity contribution in [2.45, 2.75) is 19.6 Å². The number of anilines is 1. The molecule has 3 aromatic rings. The van der Waals surface area contributed by atoms with E-state index in [1.54, 1.807) is 23.5 Å². The van der Waals surface area contributed by atoms with Gasteiger partial charge in [-0.3, -0.25) is 9.48 Å². The van der Waals surface area contributed by atoms with E-state index in [-0.39, 0.29) is 6.54 Å². The molecule has 9 heteroatoms. The van der Waals surface area contributed by atoms with Crippen LogP contribution in [0.4, 0.5) is 18.9 Å². The molecule has 25 heavy (non-hydrogen) atoms. The van der Waals surface area contributed by atoms with Gasteiger partial charge in [-0.25, -0.2) is 4.98 Å². The normalized spacial score (nSPS) is 11.5. The molecule has 0 atom stereocenters. The van der Waals surface area contributed by atoms with Gasteiger partial charge in [-0.1, -0.05) is 12.1 Å². The van der Waals surface area contributed by atoms with Crippen molar-refractivity contribution in [3.8, 4) is 11.3 Å². The third-order valence-corrected chi connectivity index (χ3v) is 4.09. The highest BCUT2D eigenvalue weighted by Gasteiger charge is 2.33. The maximum atomic E-state index is 12.5. The van der Waals surface area contributed by atoms with Gasteiger partial charge >= 0.3 is 6.18 Å². The van der Waals surface area contributed by atoms with E-state index in [2.05, 4.69) is 15.4 Å². The molecule has 0 aliphatic heterocycles. The van der Waals surface area contributed by atoms with Gasteiger partial charge < -0.3 is 5.32 Å². The lowest BCUT2D eigenvalue weighted by Gasteiger charge is -2.06. The van der Waals surface area contributed by atoms with Crippen molar-refractivity contribution in [3.05, 3.63) is 52.6 Å². The largest absolute Gasteiger partial charge is 0.435 e. The fraction of sp³-hybridized carbons (Fsp3) is 0.188. The Morgan fingerprint density at radius 2 is 1.96 bits per heavy atom.